The smallest absolute Gasteiger partial charge is 0.155 e. The second-order valence-corrected chi connectivity index (χ2v) is 4.20. The first-order valence-corrected chi connectivity index (χ1v) is 6.39. The molecule has 2 aromatic heterocycles. The summed E-state index contributed by atoms with van der Waals surface area (Å²) in [7, 11) is 0. The fraction of sp³-hybridized carbons (Fsp3) is 0.462. The number of nitrogens with zero attached hydrogens (tertiary/aromatic N) is 4. The quantitative estimate of drug-likeness (QED) is 0.787. The van der Waals surface area contributed by atoms with Gasteiger partial charge in [0, 0.05) is 12.2 Å². The molecule has 0 spiro atoms. The van der Waals surface area contributed by atoms with Crippen LogP contribution in [0.2, 0.25) is 0 Å². The van der Waals surface area contributed by atoms with Crippen molar-refractivity contribution in [2.75, 3.05) is 6.54 Å². The van der Waals surface area contributed by atoms with Crippen molar-refractivity contribution in [3.8, 4) is 5.82 Å². The lowest BCUT2D eigenvalue weighted by Crippen LogP contribution is -2.15. The molecule has 0 fully saturated rings. The van der Waals surface area contributed by atoms with Crippen LogP contribution in [0.25, 0.3) is 5.82 Å². The monoisotopic (exact) mass is 245 g/mol. The first-order valence-electron chi connectivity index (χ1n) is 6.39. The average Bonchev–Trinajstić information content (AvgIpc) is 2.92. The maximum atomic E-state index is 4.56. The van der Waals surface area contributed by atoms with Crippen molar-refractivity contribution in [2.24, 2.45) is 0 Å². The molecule has 1 N–H and O–H groups in total. The predicted molar refractivity (Wildman–Crippen MR) is 70.5 cm³/mol. The summed E-state index contributed by atoms with van der Waals surface area (Å²) in [5.41, 5.74) is 2.32. The summed E-state index contributed by atoms with van der Waals surface area (Å²) in [5, 5.41) is 7.52. The lowest BCUT2D eigenvalue weighted by Gasteiger charge is -2.08. The highest BCUT2D eigenvalue weighted by Crippen LogP contribution is 2.10. The average molecular weight is 245 g/mol. The minimum Gasteiger partial charge on any atom is -0.313 e. The van der Waals surface area contributed by atoms with E-state index in [2.05, 4.69) is 46.4 Å². The minimum atomic E-state index is 0.833. The molecule has 0 aliphatic carbocycles. The topological polar surface area (TPSA) is 55.6 Å². The fourth-order valence-electron chi connectivity index (χ4n) is 1.77. The zero-order chi connectivity index (χ0) is 12.8. The normalized spacial score (nSPS) is 10.8. The van der Waals surface area contributed by atoms with E-state index in [9.17, 15) is 0 Å². The van der Waals surface area contributed by atoms with Crippen molar-refractivity contribution in [3.05, 3.63) is 36.0 Å². The van der Waals surface area contributed by atoms with Gasteiger partial charge in [0.25, 0.3) is 0 Å². The Bertz CT molecular complexity index is 478. The summed E-state index contributed by atoms with van der Waals surface area (Å²) in [6.45, 7) is 6.17. The summed E-state index contributed by atoms with van der Waals surface area (Å²) in [4.78, 5) is 8.51. The van der Waals surface area contributed by atoms with Gasteiger partial charge in [-0.15, -0.1) is 0 Å². The van der Waals surface area contributed by atoms with Gasteiger partial charge in [-0.3, -0.25) is 0 Å². The van der Waals surface area contributed by atoms with Gasteiger partial charge in [-0.2, -0.15) is 5.10 Å². The number of hydrogen-bond donors (Lipinski definition) is 1. The van der Waals surface area contributed by atoms with E-state index in [0.29, 0.717) is 0 Å². The van der Waals surface area contributed by atoms with Gasteiger partial charge in [-0.05, 0) is 37.1 Å². The van der Waals surface area contributed by atoms with E-state index in [4.69, 9.17) is 0 Å². The molecule has 0 aliphatic rings. The zero-order valence-corrected chi connectivity index (χ0v) is 10.9. The third kappa shape index (κ3) is 3.13. The number of pyridine rings is 1. The number of rotatable bonds is 6. The van der Waals surface area contributed by atoms with E-state index in [1.165, 1.54) is 11.9 Å². The van der Waals surface area contributed by atoms with Crippen LogP contribution in [-0.2, 0) is 13.0 Å². The Labute approximate surface area is 107 Å². The highest BCUT2D eigenvalue weighted by Gasteiger charge is 2.04. The zero-order valence-electron chi connectivity index (χ0n) is 10.9. The van der Waals surface area contributed by atoms with Gasteiger partial charge in [0.1, 0.15) is 12.7 Å². The van der Waals surface area contributed by atoms with Crippen LogP contribution in [-0.4, -0.2) is 26.3 Å². The lowest BCUT2D eigenvalue weighted by atomic mass is 10.2. The van der Waals surface area contributed by atoms with Gasteiger partial charge in [0.05, 0.1) is 0 Å². The molecule has 0 radical (unpaired) electrons. The maximum absolute atomic E-state index is 4.56. The SMILES string of the molecule is CCCNCc1cc(CC)nc(-n2cncn2)c1. The minimum absolute atomic E-state index is 0.833. The number of hydrogen-bond acceptors (Lipinski definition) is 4. The van der Waals surface area contributed by atoms with Crippen LogP contribution in [0, 0.1) is 0 Å². The van der Waals surface area contributed by atoms with E-state index in [1.54, 1.807) is 11.0 Å². The standard InChI is InChI=1S/C13H19N5/c1-3-5-14-8-11-6-12(4-2)17-13(7-11)18-10-15-9-16-18/h6-7,9-10,14H,3-5,8H2,1-2H3. The molecule has 0 saturated heterocycles. The molecule has 0 unspecified atom stereocenters. The van der Waals surface area contributed by atoms with Crippen LogP contribution < -0.4 is 5.32 Å². The third-order valence-electron chi connectivity index (χ3n) is 2.70. The van der Waals surface area contributed by atoms with Gasteiger partial charge >= 0.3 is 0 Å². The Hall–Kier alpha value is -1.75. The molecule has 2 rings (SSSR count). The molecule has 0 saturated carbocycles. The molecule has 5 heteroatoms. The van der Waals surface area contributed by atoms with Gasteiger partial charge in [0.15, 0.2) is 5.82 Å². The summed E-state index contributed by atoms with van der Waals surface area (Å²) in [6.07, 6.45) is 5.26. The van der Waals surface area contributed by atoms with Gasteiger partial charge in [0.2, 0.25) is 0 Å². The lowest BCUT2D eigenvalue weighted by molar-refractivity contribution is 0.672. The molecule has 5 nitrogen and oxygen atoms in total. The second-order valence-electron chi connectivity index (χ2n) is 4.20. The first-order chi connectivity index (χ1) is 8.83. The van der Waals surface area contributed by atoms with Gasteiger partial charge in [-0.25, -0.2) is 14.6 Å². The Kier molecular flexibility index (Phi) is 4.41. The van der Waals surface area contributed by atoms with Crippen LogP contribution in [0.1, 0.15) is 31.5 Å². The highest BCUT2D eigenvalue weighted by atomic mass is 15.3. The highest BCUT2D eigenvalue weighted by molar-refractivity contribution is 5.30. The molecule has 18 heavy (non-hydrogen) atoms. The van der Waals surface area contributed by atoms with Crippen molar-refractivity contribution >= 4 is 0 Å². The number of nitrogens with one attached hydrogen (secondary N) is 1. The van der Waals surface area contributed by atoms with Crippen molar-refractivity contribution in [1.29, 1.82) is 0 Å². The summed E-state index contributed by atoms with van der Waals surface area (Å²) < 4.78 is 1.70. The van der Waals surface area contributed by atoms with E-state index in [0.717, 1.165) is 37.4 Å². The molecule has 0 aliphatic heterocycles. The Balaban J connectivity index is 2.22. The van der Waals surface area contributed by atoms with E-state index < -0.39 is 0 Å². The van der Waals surface area contributed by atoms with Crippen molar-refractivity contribution in [3.63, 3.8) is 0 Å². The van der Waals surface area contributed by atoms with Crippen molar-refractivity contribution < 1.29 is 0 Å². The summed E-state index contributed by atoms with van der Waals surface area (Å²) >= 11 is 0. The Morgan fingerprint density at radius 1 is 1.28 bits per heavy atom. The molecule has 0 amide bonds. The van der Waals surface area contributed by atoms with E-state index in [1.807, 2.05) is 0 Å². The van der Waals surface area contributed by atoms with E-state index >= 15 is 0 Å². The fourth-order valence-corrected chi connectivity index (χ4v) is 1.77. The molecule has 0 bridgehead atoms. The van der Waals surface area contributed by atoms with Crippen molar-refractivity contribution in [2.45, 2.75) is 33.2 Å². The molecule has 2 aromatic rings. The van der Waals surface area contributed by atoms with Gasteiger partial charge < -0.3 is 5.32 Å². The molecule has 2 heterocycles. The van der Waals surface area contributed by atoms with Crippen LogP contribution in [0.5, 0.6) is 0 Å². The first kappa shape index (κ1) is 12.7. The predicted octanol–water partition coefficient (Wildman–Crippen LogP) is 1.72. The Morgan fingerprint density at radius 2 is 2.17 bits per heavy atom. The van der Waals surface area contributed by atoms with Crippen molar-refractivity contribution in [1.82, 2.24) is 25.1 Å². The van der Waals surface area contributed by atoms with Crippen LogP contribution in [0.3, 0.4) is 0 Å². The molecule has 0 atom stereocenters. The Morgan fingerprint density at radius 3 is 2.83 bits per heavy atom. The molecule has 96 valence electrons. The van der Waals surface area contributed by atoms with Crippen LogP contribution >= 0.6 is 0 Å². The van der Waals surface area contributed by atoms with E-state index in [-0.39, 0.29) is 0 Å². The number of aryl methyl sites for hydroxylation is 1. The third-order valence-corrected chi connectivity index (χ3v) is 2.70. The molecular formula is C13H19N5. The van der Waals surface area contributed by atoms with Gasteiger partial charge in [-0.1, -0.05) is 13.8 Å². The summed E-state index contributed by atoms with van der Waals surface area (Å²) in [6, 6.07) is 4.19. The molecule has 0 aromatic carbocycles. The number of aromatic nitrogens is 4. The maximum Gasteiger partial charge on any atom is 0.155 e. The second kappa shape index (κ2) is 6.26. The largest absolute Gasteiger partial charge is 0.313 e. The summed E-state index contributed by atoms with van der Waals surface area (Å²) in [5.74, 6) is 0.833. The van der Waals surface area contributed by atoms with Crippen LogP contribution in [0.15, 0.2) is 24.8 Å². The molecular weight excluding hydrogens is 226 g/mol. The van der Waals surface area contributed by atoms with Crippen LogP contribution in [0.4, 0.5) is 0 Å².